The van der Waals surface area contributed by atoms with Crippen LogP contribution in [-0.4, -0.2) is 39.8 Å². The molecule has 0 aliphatic carbocycles. The number of methoxy groups -OCH3 is 3. The standard InChI is InChI=1S/C20H20ClNO6/c1-25-16-8-6-14(11-15(16)21)22-19(23)12-28-20(24)9-5-13-4-7-17(26-2)18(10-13)27-3/h4-11H,12H2,1-3H3,(H,22,23)/b9-5+. The van der Waals surface area contributed by atoms with Crippen LogP contribution in [-0.2, 0) is 14.3 Å². The largest absolute Gasteiger partial charge is 0.495 e. The molecule has 1 N–H and O–H groups in total. The number of rotatable bonds is 8. The molecule has 0 spiro atoms. The number of amides is 1. The smallest absolute Gasteiger partial charge is 0.331 e. The molecule has 2 aromatic carbocycles. The van der Waals surface area contributed by atoms with E-state index < -0.39 is 18.5 Å². The molecule has 0 heterocycles. The van der Waals surface area contributed by atoms with Crippen LogP contribution in [0.3, 0.4) is 0 Å². The quantitative estimate of drug-likeness (QED) is 0.534. The predicted molar refractivity (Wildman–Crippen MR) is 106 cm³/mol. The number of ether oxygens (including phenoxy) is 4. The van der Waals surface area contributed by atoms with E-state index in [1.54, 1.807) is 36.4 Å². The fourth-order valence-corrected chi connectivity index (χ4v) is 2.50. The highest BCUT2D eigenvalue weighted by molar-refractivity contribution is 6.32. The van der Waals surface area contributed by atoms with E-state index in [0.29, 0.717) is 33.5 Å². The fourth-order valence-electron chi connectivity index (χ4n) is 2.25. The van der Waals surface area contributed by atoms with Crippen LogP contribution < -0.4 is 19.5 Å². The molecule has 0 saturated heterocycles. The van der Waals surface area contributed by atoms with Gasteiger partial charge in [0.15, 0.2) is 18.1 Å². The summed E-state index contributed by atoms with van der Waals surface area (Å²) < 4.78 is 20.3. The summed E-state index contributed by atoms with van der Waals surface area (Å²) in [5.41, 5.74) is 1.18. The Labute approximate surface area is 167 Å². The third-order valence-electron chi connectivity index (χ3n) is 3.60. The lowest BCUT2D eigenvalue weighted by molar-refractivity contribution is -0.142. The van der Waals surface area contributed by atoms with Gasteiger partial charge in [-0.05, 0) is 42.0 Å². The van der Waals surface area contributed by atoms with Crippen LogP contribution in [0.15, 0.2) is 42.5 Å². The summed E-state index contributed by atoms with van der Waals surface area (Å²) in [5.74, 6) is 0.464. The van der Waals surface area contributed by atoms with Crippen molar-refractivity contribution in [1.82, 2.24) is 0 Å². The Morgan fingerprint density at radius 1 is 0.964 bits per heavy atom. The van der Waals surface area contributed by atoms with E-state index in [0.717, 1.165) is 0 Å². The molecule has 7 nitrogen and oxygen atoms in total. The Balaban J connectivity index is 1.87. The lowest BCUT2D eigenvalue weighted by atomic mass is 10.2. The van der Waals surface area contributed by atoms with E-state index >= 15 is 0 Å². The van der Waals surface area contributed by atoms with Crippen LogP contribution in [0.5, 0.6) is 17.2 Å². The molecule has 0 saturated carbocycles. The Morgan fingerprint density at radius 2 is 1.64 bits per heavy atom. The summed E-state index contributed by atoms with van der Waals surface area (Å²) >= 11 is 5.99. The van der Waals surface area contributed by atoms with Gasteiger partial charge in [-0.25, -0.2) is 4.79 Å². The molecular formula is C20H20ClNO6. The van der Waals surface area contributed by atoms with Gasteiger partial charge in [0.25, 0.3) is 5.91 Å². The van der Waals surface area contributed by atoms with Gasteiger partial charge in [0, 0.05) is 11.8 Å². The molecule has 28 heavy (non-hydrogen) atoms. The van der Waals surface area contributed by atoms with Gasteiger partial charge in [-0.15, -0.1) is 0 Å². The number of esters is 1. The summed E-state index contributed by atoms with van der Waals surface area (Å²) in [7, 11) is 4.55. The second kappa shape index (κ2) is 10.2. The van der Waals surface area contributed by atoms with Crippen molar-refractivity contribution in [2.75, 3.05) is 33.3 Å². The van der Waals surface area contributed by atoms with Crippen LogP contribution in [0, 0.1) is 0 Å². The molecule has 0 fully saturated rings. The molecule has 0 radical (unpaired) electrons. The number of hydrogen-bond donors (Lipinski definition) is 1. The summed E-state index contributed by atoms with van der Waals surface area (Å²) in [6, 6.07) is 9.97. The first-order valence-electron chi connectivity index (χ1n) is 8.17. The molecule has 0 unspecified atom stereocenters. The van der Waals surface area contributed by atoms with Gasteiger partial charge in [-0.3, -0.25) is 4.79 Å². The van der Waals surface area contributed by atoms with Crippen molar-refractivity contribution in [1.29, 1.82) is 0 Å². The normalized spacial score (nSPS) is 10.4. The van der Waals surface area contributed by atoms with Crippen molar-refractivity contribution in [2.45, 2.75) is 0 Å². The number of halogens is 1. The minimum atomic E-state index is -0.655. The monoisotopic (exact) mass is 405 g/mol. The number of nitrogens with one attached hydrogen (secondary N) is 1. The molecule has 148 valence electrons. The SMILES string of the molecule is COc1ccc(NC(=O)COC(=O)/C=C/c2ccc(OC)c(OC)c2)cc1Cl. The summed E-state index contributed by atoms with van der Waals surface area (Å²) in [5, 5.41) is 2.94. The molecular weight excluding hydrogens is 386 g/mol. The molecule has 2 rings (SSSR count). The van der Waals surface area contributed by atoms with Gasteiger partial charge < -0.3 is 24.3 Å². The maximum absolute atomic E-state index is 11.9. The Bertz CT molecular complexity index is 881. The van der Waals surface area contributed by atoms with E-state index in [9.17, 15) is 9.59 Å². The molecule has 0 aliphatic heterocycles. The topological polar surface area (TPSA) is 83.1 Å². The third kappa shape index (κ3) is 5.92. The van der Waals surface area contributed by atoms with Crippen LogP contribution in [0.4, 0.5) is 5.69 Å². The van der Waals surface area contributed by atoms with E-state index in [4.69, 9.17) is 30.5 Å². The van der Waals surface area contributed by atoms with E-state index in [2.05, 4.69) is 5.32 Å². The first-order valence-corrected chi connectivity index (χ1v) is 8.55. The zero-order chi connectivity index (χ0) is 20.5. The highest BCUT2D eigenvalue weighted by Gasteiger charge is 2.08. The van der Waals surface area contributed by atoms with Crippen molar-refractivity contribution in [3.8, 4) is 17.2 Å². The Hall–Kier alpha value is -3.19. The van der Waals surface area contributed by atoms with E-state index in [1.165, 1.54) is 33.5 Å². The van der Waals surface area contributed by atoms with Crippen molar-refractivity contribution in [2.24, 2.45) is 0 Å². The van der Waals surface area contributed by atoms with Crippen molar-refractivity contribution >= 4 is 35.2 Å². The first-order chi connectivity index (χ1) is 13.5. The van der Waals surface area contributed by atoms with Crippen molar-refractivity contribution < 1.29 is 28.5 Å². The Kier molecular flexibility index (Phi) is 7.71. The maximum atomic E-state index is 11.9. The number of carbonyl (C=O) groups excluding carboxylic acids is 2. The van der Waals surface area contributed by atoms with Gasteiger partial charge in [0.05, 0.1) is 26.4 Å². The zero-order valence-corrected chi connectivity index (χ0v) is 16.4. The average molecular weight is 406 g/mol. The van der Waals surface area contributed by atoms with Gasteiger partial charge in [-0.1, -0.05) is 17.7 Å². The number of benzene rings is 2. The summed E-state index contributed by atoms with van der Waals surface area (Å²) in [6.07, 6.45) is 2.77. The number of anilines is 1. The predicted octanol–water partition coefficient (Wildman–Crippen LogP) is 3.56. The van der Waals surface area contributed by atoms with Crippen LogP contribution in [0.2, 0.25) is 5.02 Å². The maximum Gasteiger partial charge on any atom is 0.331 e. The second-order valence-corrected chi connectivity index (χ2v) is 5.86. The molecule has 0 atom stereocenters. The van der Waals surface area contributed by atoms with E-state index in [-0.39, 0.29) is 0 Å². The van der Waals surface area contributed by atoms with E-state index in [1.807, 2.05) is 0 Å². The minimum Gasteiger partial charge on any atom is -0.495 e. The van der Waals surface area contributed by atoms with Crippen molar-refractivity contribution in [3.05, 3.63) is 53.1 Å². The highest BCUT2D eigenvalue weighted by atomic mass is 35.5. The molecule has 0 bridgehead atoms. The van der Waals surface area contributed by atoms with Crippen molar-refractivity contribution in [3.63, 3.8) is 0 Å². The zero-order valence-electron chi connectivity index (χ0n) is 15.7. The van der Waals surface area contributed by atoms with Gasteiger partial charge in [0.1, 0.15) is 5.75 Å². The second-order valence-electron chi connectivity index (χ2n) is 5.45. The molecule has 8 heteroatoms. The van der Waals surface area contributed by atoms with Crippen LogP contribution >= 0.6 is 11.6 Å². The minimum absolute atomic E-state index is 0.357. The third-order valence-corrected chi connectivity index (χ3v) is 3.90. The summed E-state index contributed by atoms with van der Waals surface area (Å²) in [6.45, 7) is -0.432. The summed E-state index contributed by atoms with van der Waals surface area (Å²) in [4.78, 5) is 23.7. The number of hydrogen-bond acceptors (Lipinski definition) is 6. The first kappa shape index (κ1) is 21.1. The van der Waals surface area contributed by atoms with Gasteiger partial charge >= 0.3 is 5.97 Å². The fraction of sp³-hybridized carbons (Fsp3) is 0.200. The lowest BCUT2D eigenvalue weighted by Gasteiger charge is -2.08. The average Bonchev–Trinajstić information content (AvgIpc) is 2.70. The molecule has 1 amide bonds. The van der Waals surface area contributed by atoms with Gasteiger partial charge in [-0.2, -0.15) is 0 Å². The number of carbonyl (C=O) groups is 2. The Morgan fingerprint density at radius 3 is 2.29 bits per heavy atom. The highest BCUT2D eigenvalue weighted by Crippen LogP contribution is 2.28. The van der Waals surface area contributed by atoms with Crippen LogP contribution in [0.25, 0.3) is 6.08 Å². The molecule has 0 aromatic heterocycles. The lowest BCUT2D eigenvalue weighted by Crippen LogP contribution is -2.20. The molecule has 0 aliphatic rings. The molecule has 2 aromatic rings. The van der Waals surface area contributed by atoms with Crippen LogP contribution in [0.1, 0.15) is 5.56 Å². The van der Waals surface area contributed by atoms with Gasteiger partial charge in [0.2, 0.25) is 0 Å².